The van der Waals surface area contributed by atoms with Crippen LogP contribution in [-0.4, -0.2) is 36.7 Å². The Morgan fingerprint density at radius 3 is 2.20 bits per heavy atom. The van der Waals surface area contributed by atoms with Gasteiger partial charge in [0, 0.05) is 5.56 Å². The average Bonchev–Trinajstić information content (AvgIpc) is 2.52. The lowest BCUT2D eigenvalue weighted by Crippen LogP contribution is -2.51. The highest BCUT2D eigenvalue weighted by atomic mass is 32.2. The minimum absolute atomic E-state index is 0.0822. The van der Waals surface area contributed by atoms with Crippen LogP contribution in [0, 0.1) is 5.92 Å². The third-order valence-electron chi connectivity index (χ3n) is 4.43. The SMILES string of the molecule is CCCCS(=O)(=O)c1ccc(C(=O)NC(C)(CC(=O)O)C(C)C)cc1. The second kappa shape index (κ2) is 8.47. The second-order valence-electron chi connectivity index (χ2n) is 6.79. The number of nitrogens with one attached hydrogen (secondary N) is 1. The Kier molecular flexibility index (Phi) is 7.17. The lowest BCUT2D eigenvalue weighted by molar-refractivity contribution is -0.138. The van der Waals surface area contributed by atoms with E-state index in [1.165, 1.54) is 24.3 Å². The number of hydrogen-bond acceptors (Lipinski definition) is 4. The maximum absolute atomic E-state index is 12.4. The van der Waals surface area contributed by atoms with Gasteiger partial charge in [0.2, 0.25) is 0 Å². The molecule has 6 nitrogen and oxygen atoms in total. The van der Waals surface area contributed by atoms with Crippen LogP contribution in [0.1, 0.15) is 57.3 Å². The fourth-order valence-corrected chi connectivity index (χ4v) is 3.76. The molecule has 140 valence electrons. The van der Waals surface area contributed by atoms with Gasteiger partial charge in [-0.3, -0.25) is 9.59 Å². The predicted molar refractivity (Wildman–Crippen MR) is 96.4 cm³/mol. The van der Waals surface area contributed by atoms with Crippen LogP contribution in [0.4, 0.5) is 0 Å². The molecule has 0 aliphatic carbocycles. The number of carbonyl (C=O) groups excluding carboxylic acids is 1. The first-order valence-electron chi connectivity index (χ1n) is 8.39. The van der Waals surface area contributed by atoms with Crippen molar-refractivity contribution in [3.8, 4) is 0 Å². The molecule has 1 atom stereocenters. The molecule has 2 N–H and O–H groups in total. The number of rotatable bonds is 9. The number of benzene rings is 1. The fourth-order valence-electron chi connectivity index (χ4n) is 2.30. The van der Waals surface area contributed by atoms with Crippen molar-refractivity contribution in [1.82, 2.24) is 5.32 Å². The van der Waals surface area contributed by atoms with Crippen LogP contribution < -0.4 is 5.32 Å². The monoisotopic (exact) mass is 369 g/mol. The van der Waals surface area contributed by atoms with Crippen LogP contribution in [0.25, 0.3) is 0 Å². The number of carboxylic acid groups (broad SMARTS) is 1. The summed E-state index contributed by atoms with van der Waals surface area (Å²) in [7, 11) is -3.34. The van der Waals surface area contributed by atoms with Crippen LogP contribution in [0.15, 0.2) is 29.2 Å². The summed E-state index contributed by atoms with van der Waals surface area (Å²) in [5, 5.41) is 11.8. The second-order valence-corrected chi connectivity index (χ2v) is 8.90. The summed E-state index contributed by atoms with van der Waals surface area (Å²) in [4.78, 5) is 23.7. The van der Waals surface area contributed by atoms with E-state index in [0.29, 0.717) is 12.0 Å². The summed E-state index contributed by atoms with van der Waals surface area (Å²) in [5.41, 5.74) is -0.596. The molecule has 0 fully saturated rings. The lowest BCUT2D eigenvalue weighted by atomic mass is 9.85. The first-order valence-corrected chi connectivity index (χ1v) is 10.0. The summed E-state index contributed by atoms with van der Waals surface area (Å²) in [6.07, 6.45) is 1.18. The topological polar surface area (TPSA) is 101 Å². The van der Waals surface area contributed by atoms with Crippen molar-refractivity contribution in [3.05, 3.63) is 29.8 Å². The standard InChI is InChI=1S/C18H27NO5S/c1-5-6-11-25(23,24)15-9-7-14(8-10-15)17(22)19-18(4,13(2)3)12-16(20)21/h7-10,13H,5-6,11-12H2,1-4H3,(H,19,22)(H,20,21). The lowest BCUT2D eigenvalue weighted by Gasteiger charge is -2.33. The highest BCUT2D eigenvalue weighted by Crippen LogP contribution is 2.22. The number of carboxylic acids is 1. The Morgan fingerprint density at radius 1 is 1.20 bits per heavy atom. The van der Waals surface area contributed by atoms with Gasteiger partial charge in [-0.05, 0) is 43.5 Å². The molecule has 0 aliphatic heterocycles. The molecule has 1 aromatic carbocycles. The molecule has 1 amide bonds. The van der Waals surface area contributed by atoms with E-state index in [9.17, 15) is 18.0 Å². The van der Waals surface area contributed by atoms with Gasteiger partial charge in [0.25, 0.3) is 5.91 Å². The largest absolute Gasteiger partial charge is 0.481 e. The van der Waals surface area contributed by atoms with Crippen molar-refractivity contribution in [3.63, 3.8) is 0 Å². The van der Waals surface area contributed by atoms with Crippen molar-refractivity contribution in [1.29, 1.82) is 0 Å². The number of amides is 1. The predicted octanol–water partition coefficient (Wildman–Crippen LogP) is 2.88. The minimum atomic E-state index is -3.34. The molecule has 25 heavy (non-hydrogen) atoms. The third-order valence-corrected chi connectivity index (χ3v) is 6.25. The van der Waals surface area contributed by atoms with E-state index < -0.39 is 27.3 Å². The van der Waals surface area contributed by atoms with Gasteiger partial charge in [-0.2, -0.15) is 0 Å². The van der Waals surface area contributed by atoms with Gasteiger partial charge in [-0.15, -0.1) is 0 Å². The molecule has 0 saturated heterocycles. The maximum atomic E-state index is 12.4. The molecule has 0 spiro atoms. The first-order chi connectivity index (χ1) is 11.5. The Labute approximate surface area is 149 Å². The molecule has 1 aromatic rings. The van der Waals surface area contributed by atoms with Gasteiger partial charge in [0.1, 0.15) is 0 Å². The summed E-state index contributed by atoms with van der Waals surface area (Å²) in [6.45, 7) is 7.29. The highest BCUT2D eigenvalue weighted by molar-refractivity contribution is 7.91. The molecule has 0 aromatic heterocycles. The Balaban J connectivity index is 2.95. The Hall–Kier alpha value is -1.89. The molecular formula is C18H27NO5S. The van der Waals surface area contributed by atoms with E-state index in [1.807, 2.05) is 20.8 Å². The van der Waals surface area contributed by atoms with Gasteiger partial charge in [0.05, 0.1) is 22.6 Å². The van der Waals surface area contributed by atoms with Crippen molar-refractivity contribution < 1.29 is 23.1 Å². The van der Waals surface area contributed by atoms with Crippen molar-refractivity contribution >= 4 is 21.7 Å². The van der Waals surface area contributed by atoms with Gasteiger partial charge in [-0.1, -0.05) is 27.2 Å². The molecule has 0 aliphatic rings. The molecule has 0 bridgehead atoms. The molecule has 0 heterocycles. The fraction of sp³-hybridized carbons (Fsp3) is 0.556. The van der Waals surface area contributed by atoms with E-state index in [0.717, 1.165) is 6.42 Å². The zero-order valence-electron chi connectivity index (χ0n) is 15.2. The molecule has 0 radical (unpaired) electrons. The van der Waals surface area contributed by atoms with Crippen LogP contribution in [-0.2, 0) is 14.6 Å². The number of unbranched alkanes of at least 4 members (excludes halogenated alkanes) is 1. The zero-order valence-corrected chi connectivity index (χ0v) is 16.0. The smallest absolute Gasteiger partial charge is 0.305 e. The van der Waals surface area contributed by atoms with Crippen molar-refractivity contribution in [2.24, 2.45) is 5.92 Å². The maximum Gasteiger partial charge on any atom is 0.305 e. The molecule has 0 saturated carbocycles. The molecule has 1 rings (SSSR count). The Morgan fingerprint density at radius 2 is 1.76 bits per heavy atom. The quantitative estimate of drug-likeness (QED) is 0.697. The van der Waals surface area contributed by atoms with Crippen LogP contribution >= 0.6 is 0 Å². The van der Waals surface area contributed by atoms with Gasteiger partial charge in [0.15, 0.2) is 9.84 Å². The Bertz CT molecular complexity index is 709. The van der Waals surface area contributed by atoms with Crippen molar-refractivity contribution in [2.75, 3.05) is 5.75 Å². The van der Waals surface area contributed by atoms with Gasteiger partial charge < -0.3 is 10.4 Å². The zero-order chi connectivity index (χ0) is 19.3. The number of aliphatic carboxylic acids is 1. The number of carbonyl (C=O) groups is 2. The molecule has 7 heteroatoms. The van der Waals surface area contributed by atoms with Crippen LogP contribution in [0.2, 0.25) is 0 Å². The van der Waals surface area contributed by atoms with E-state index in [4.69, 9.17) is 5.11 Å². The van der Waals surface area contributed by atoms with E-state index in [1.54, 1.807) is 6.92 Å². The normalized spacial score (nSPS) is 14.1. The number of sulfone groups is 1. The summed E-state index contributed by atoms with van der Waals surface area (Å²) in [6, 6.07) is 5.75. The summed E-state index contributed by atoms with van der Waals surface area (Å²) < 4.78 is 24.3. The van der Waals surface area contributed by atoms with Crippen LogP contribution in [0.5, 0.6) is 0 Å². The van der Waals surface area contributed by atoms with Gasteiger partial charge >= 0.3 is 5.97 Å². The van der Waals surface area contributed by atoms with E-state index >= 15 is 0 Å². The van der Waals surface area contributed by atoms with E-state index in [-0.39, 0.29) is 23.0 Å². The van der Waals surface area contributed by atoms with Crippen molar-refractivity contribution in [2.45, 2.75) is 57.4 Å². The van der Waals surface area contributed by atoms with Gasteiger partial charge in [-0.25, -0.2) is 8.42 Å². The molecular weight excluding hydrogens is 342 g/mol. The minimum Gasteiger partial charge on any atom is -0.481 e. The first kappa shape index (κ1) is 21.2. The highest BCUT2D eigenvalue weighted by Gasteiger charge is 2.33. The summed E-state index contributed by atoms with van der Waals surface area (Å²) in [5.74, 6) is -1.41. The number of hydrogen-bond donors (Lipinski definition) is 2. The summed E-state index contributed by atoms with van der Waals surface area (Å²) >= 11 is 0. The van der Waals surface area contributed by atoms with Crippen LogP contribution in [0.3, 0.4) is 0 Å². The molecule has 1 unspecified atom stereocenters. The third kappa shape index (κ3) is 5.85. The average molecular weight is 369 g/mol. The van der Waals surface area contributed by atoms with E-state index in [2.05, 4.69) is 5.32 Å².